The highest BCUT2D eigenvalue weighted by Gasteiger charge is 2.41. The topological polar surface area (TPSA) is 34.2 Å². The van der Waals surface area contributed by atoms with Gasteiger partial charge in [0.2, 0.25) is 0 Å². The van der Waals surface area contributed by atoms with E-state index in [4.69, 9.17) is 14.2 Å². The van der Waals surface area contributed by atoms with Crippen molar-refractivity contribution in [3.63, 3.8) is 0 Å². The third kappa shape index (κ3) is 5.10. The molecule has 0 radical (unpaired) electrons. The zero-order valence-corrected chi connectivity index (χ0v) is 24.6. The van der Waals surface area contributed by atoms with Crippen LogP contribution in [0.4, 0.5) is 0 Å². The Labute approximate surface area is 240 Å². The van der Waals surface area contributed by atoms with E-state index in [-0.39, 0.29) is 5.41 Å². The lowest BCUT2D eigenvalue weighted by atomic mass is 9.67. The second-order valence-electron chi connectivity index (χ2n) is 12.2. The summed E-state index contributed by atoms with van der Waals surface area (Å²) in [6.45, 7) is 4.61. The van der Waals surface area contributed by atoms with Gasteiger partial charge in [-0.3, -0.25) is 0 Å². The Morgan fingerprint density at radius 1 is 0.775 bits per heavy atom. The van der Waals surface area contributed by atoms with E-state index in [0.717, 1.165) is 56.0 Å². The van der Waals surface area contributed by atoms with Crippen molar-refractivity contribution in [3.05, 3.63) is 89.0 Å². The van der Waals surface area contributed by atoms with Crippen molar-refractivity contribution >= 4 is 0 Å². The average molecular weight is 541 g/mol. The van der Waals surface area contributed by atoms with Crippen molar-refractivity contribution < 1.29 is 14.2 Å². The fourth-order valence-electron chi connectivity index (χ4n) is 8.00. The monoisotopic (exact) mass is 540 g/mol. The average Bonchev–Trinajstić information content (AvgIpc) is 3.00. The van der Waals surface area contributed by atoms with Crippen molar-refractivity contribution in [3.8, 4) is 17.2 Å². The number of methoxy groups -OCH3 is 3. The molecule has 0 saturated carbocycles. The maximum Gasteiger partial charge on any atom is 0.122 e. The van der Waals surface area contributed by atoms with Crippen LogP contribution in [0, 0.1) is 11.8 Å². The van der Waals surface area contributed by atoms with Gasteiger partial charge in [-0.1, -0.05) is 36.4 Å². The van der Waals surface area contributed by atoms with Gasteiger partial charge in [0, 0.05) is 24.5 Å². The normalized spacial score (nSPS) is 24.6. The SMILES string of the molecule is COc1ccc(C2(c3ccc(OC)cc3)CCN(C[C@@H]3C[C@@H]4Cc5c(cccc5OC)C[C@H]4N(C)C3)CC2)cc1. The minimum atomic E-state index is 0.00707. The maximum absolute atomic E-state index is 5.75. The van der Waals surface area contributed by atoms with Gasteiger partial charge in [-0.05, 0) is 117 Å². The summed E-state index contributed by atoms with van der Waals surface area (Å²) in [6, 6.07) is 24.7. The van der Waals surface area contributed by atoms with Crippen LogP contribution in [0.5, 0.6) is 17.2 Å². The summed E-state index contributed by atoms with van der Waals surface area (Å²) >= 11 is 0. The van der Waals surface area contributed by atoms with Gasteiger partial charge in [0.15, 0.2) is 0 Å². The molecule has 2 fully saturated rings. The molecule has 3 aromatic rings. The van der Waals surface area contributed by atoms with Gasteiger partial charge in [-0.2, -0.15) is 0 Å². The van der Waals surface area contributed by atoms with Crippen molar-refractivity contribution in [2.24, 2.45) is 11.8 Å². The van der Waals surface area contributed by atoms with Crippen LogP contribution in [0.3, 0.4) is 0 Å². The van der Waals surface area contributed by atoms with Gasteiger partial charge >= 0.3 is 0 Å². The minimum Gasteiger partial charge on any atom is -0.497 e. The molecule has 0 aromatic heterocycles. The molecule has 1 aliphatic carbocycles. The summed E-state index contributed by atoms with van der Waals surface area (Å²) in [6.07, 6.45) is 5.83. The summed E-state index contributed by atoms with van der Waals surface area (Å²) < 4.78 is 16.7. The number of ether oxygens (including phenoxy) is 3. The molecule has 0 amide bonds. The van der Waals surface area contributed by atoms with Crippen LogP contribution in [0.1, 0.15) is 41.5 Å². The highest BCUT2D eigenvalue weighted by atomic mass is 16.5. The van der Waals surface area contributed by atoms with Crippen molar-refractivity contribution in [2.75, 3.05) is 54.6 Å². The Morgan fingerprint density at radius 2 is 1.40 bits per heavy atom. The molecule has 40 heavy (non-hydrogen) atoms. The molecule has 3 atom stereocenters. The highest BCUT2D eigenvalue weighted by Crippen LogP contribution is 2.44. The van der Waals surface area contributed by atoms with E-state index >= 15 is 0 Å². The number of fused-ring (bicyclic) bond motifs is 2. The molecular weight excluding hydrogens is 496 g/mol. The summed E-state index contributed by atoms with van der Waals surface area (Å²) in [5, 5.41) is 0. The van der Waals surface area contributed by atoms with Gasteiger partial charge in [0.25, 0.3) is 0 Å². The molecule has 0 spiro atoms. The first-order chi connectivity index (χ1) is 19.5. The number of benzene rings is 3. The Morgan fingerprint density at radius 3 is 1.98 bits per heavy atom. The lowest BCUT2D eigenvalue weighted by Crippen LogP contribution is -2.53. The van der Waals surface area contributed by atoms with Crippen molar-refractivity contribution in [1.29, 1.82) is 0 Å². The van der Waals surface area contributed by atoms with E-state index in [1.165, 1.54) is 41.8 Å². The molecule has 5 heteroatoms. The van der Waals surface area contributed by atoms with E-state index in [1.54, 1.807) is 14.2 Å². The quantitative estimate of drug-likeness (QED) is 0.377. The molecular formula is C35H44N2O3. The summed E-state index contributed by atoms with van der Waals surface area (Å²) in [7, 11) is 7.63. The molecule has 6 rings (SSSR count). The van der Waals surface area contributed by atoms with Crippen LogP contribution in [-0.4, -0.2) is 70.4 Å². The zero-order valence-electron chi connectivity index (χ0n) is 24.6. The summed E-state index contributed by atoms with van der Waals surface area (Å²) in [5.41, 5.74) is 5.70. The molecule has 0 unspecified atom stereocenters. The van der Waals surface area contributed by atoms with Crippen LogP contribution in [0.25, 0.3) is 0 Å². The van der Waals surface area contributed by atoms with Crippen LogP contribution in [0.15, 0.2) is 66.7 Å². The molecule has 0 bridgehead atoms. The minimum absolute atomic E-state index is 0.00707. The standard InChI is InChI=1S/C35H44N2O3/c1-36-23-25(20-27-21-32-26(22-33(27)36)6-5-7-34(32)40-4)24-37-18-16-35(17-19-37,28-8-12-30(38-2)13-9-28)29-10-14-31(39-3)15-11-29/h5-15,25,27,33H,16-24H2,1-4H3/t25-,27-,33-/m1/s1. The largest absolute Gasteiger partial charge is 0.497 e. The first-order valence-corrected chi connectivity index (χ1v) is 14.9. The molecule has 3 aliphatic rings. The molecule has 2 aliphatic heterocycles. The Kier molecular flexibility index (Phi) is 7.78. The molecule has 3 aromatic carbocycles. The fraction of sp³-hybridized carbons (Fsp3) is 0.486. The number of likely N-dealkylation sites (tertiary alicyclic amines) is 2. The zero-order chi connectivity index (χ0) is 27.7. The van der Waals surface area contributed by atoms with E-state index in [2.05, 4.69) is 83.6 Å². The first kappa shape index (κ1) is 27.2. The molecule has 212 valence electrons. The van der Waals surface area contributed by atoms with E-state index in [0.29, 0.717) is 17.9 Å². The third-order valence-electron chi connectivity index (χ3n) is 10.1. The Bertz CT molecular complexity index is 1230. The number of hydrogen-bond donors (Lipinski definition) is 0. The Balaban J connectivity index is 1.16. The maximum atomic E-state index is 5.75. The molecule has 2 saturated heterocycles. The molecule has 0 N–H and O–H groups in total. The van der Waals surface area contributed by atoms with Gasteiger partial charge in [-0.15, -0.1) is 0 Å². The predicted molar refractivity (Wildman–Crippen MR) is 161 cm³/mol. The second kappa shape index (κ2) is 11.5. The smallest absolute Gasteiger partial charge is 0.122 e. The van der Waals surface area contributed by atoms with Crippen LogP contribution in [0.2, 0.25) is 0 Å². The van der Waals surface area contributed by atoms with Gasteiger partial charge < -0.3 is 24.0 Å². The lowest BCUT2D eigenvalue weighted by Gasteiger charge is -2.48. The first-order valence-electron chi connectivity index (χ1n) is 14.9. The van der Waals surface area contributed by atoms with Crippen LogP contribution in [-0.2, 0) is 18.3 Å². The summed E-state index contributed by atoms with van der Waals surface area (Å²) in [5.74, 6) is 4.31. The van der Waals surface area contributed by atoms with E-state index in [1.807, 2.05) is 7.11 Å². The highest BCUT2D eigenvalue weighted by molar-refractivity contribution is 5.45. The number of nitrogens with zero attached hydrogens (tertiary/aromatic N) is 2. The number of hydrogen-bond acceptors (Lipinski definition) is 5. The van der Waals surface area contributed by atoms with Gasteiger partial charge in [0.1, 0.15) is 17.2 Å². The van der Waals surface area contributed by atoms with Crippen LogP contribution < -0.4 is 14.2 Å². The van der Waals surface area contributed by atoms with Crippen molar-refractivity contribution in [2.45, 2.75) is 43.6 Å². The van der Waals surface area contributed by atoms with Crippen molar-refractivity contribution in [1.82, 2.24) is 9.80 Å². The fourth-order valence-corrected chi connectivity index (χ4v) is 8.00. The molecule has 5 nitrogen and oxygen atoms in total. The number of piperidine rings is 2. The van der Waals surface area contributed by atoms with E-state index in [9.17, 15) is 0 Å². The Hall–Kier alpha value is -3.02. The van der Waals surface area contributed by atoms with E-state index < -0.39 is 0 Å². The molecule has 2 heterocycles. The number of likely N-dealkylation sites (N-methyl/N-ethyl adjacent to an activating group) is 1. The van der Waals surface area contributed by atoms with Gasteiger partial charge in [0.05, 0.1) is 21.3 Å². The number of rotatable bonds is 7. The lowest BCUT2D eigenvalue weighted by molar-refractivity contribution is 0.0461. The second-order valence-corrected chi connectivity index (χ2v) is 12.2. The van der Waals surface area contributed by atoms with Gasteiger partial charge in [-0.25, -0.2) is 0 Å². The third-order valence-corrected chi connectivity index (χ3v) is 10.1. The predicted octanol–water partition coefficient (Wildman–Crippen LogP) is 5.83. The summed E-state index contributed by atoms with van der Waals surface area (Å²) in [4.78, 5) is 5.39. The van der Waals surface area contributed by atoms with Crippen LogP contribution >= 0.6 is 0 Å².